The van der Waals surface area contributed by atoms with E-state index in [4.69, 9.17) is 0 Å². The molecule has 112 valence electrons. The van der Waals surface area contributed by atoms with Crippen LogP contribution in [0.1, 0.15) is 33.1 Å². The number of esters is 1. The third-order valence-electron chi connectivity index (χ3n) is 3.28. The zero-order chi connectivity index (χ0) is 14.5. The number of ether oxygens (including phenoxy) is 1. The van der Waals surface area contributed by atoms with E-state index in [2.05, 4.69) is 4.74 Å². The average molecular weight is 292 g/mol. The maximum Gasteiger partial charge on any atom is 0.321 e. The smallest absolute Gasteiger partial charge is 0.321 e. The van der Waals surface area contributed by atoms with E-state index in [1.54, 1.807) is 0 Å². The average Bonchev–Trinajstić information content (AvgIpc) is 2.38. The van der Waals surface area contributed by atoms with E-state index in [1.165, 1.54) is 15.7 Å². The molecule has 1 unspecified atom stereocenters. The van der Waals surface area contributed by atoms with Gasteiger partial charge in [0.2, 0.25) is 0 Å². The number of piperidine rings is 1. The molecule has 1 saturated heterocycles. The Morgan fingerprint density at radius 1 is 1.47 bits per heavy atom. The molecule has 6 nitrogen and oxygen atoms in total. The van der Waals surface area contributed by atoms with Crippen LogP contribution in [0.5, 0.6) is 0 Å². The van der Waals surface area contributed by atoms with Gasteiger partial charge in [0, 0.05) is 19.6 Å². The predicted molar refractivity (Wildman–Crippen MR) is 72.8 cm³/mol. The fourth-order valence-corrected chi connectivity index (χ4v) is 4.06. The lowest BCUT2D eigenvalue weighted by atomic mass is 10.0. The van der Waals surface area contributed by atoms with E-state index in [0.717, 1.165) is 12.8 Å². The lowest BCUT2D eigenvalue weighted by Gasteiger charge is -2.34. The Labute approximate surface area is 115 Å². The molecule has 1 fully saturated rings. The van der Waals surface area contributed by atoms with Crippen LogP contribution in [0.15, 0.2) is 0 Å². The van der Waals surface area contributed by atoms with Gasteiger partial charge in [0.25, 0.3) is 10.2 Å². The molecule has 0 radical (unpaired) electrons. The van der Waals surface area contributed by atoms with Crippen molar-refractivity contribution >= 4 is 16.2 Å². The van der Waals surface area contributed by atoms with Gasteiger partial charge in [-0.15, -0.1) is 0 Å². The van der Waals surface area contributed by atoms with Gasteiger partial charge in [0.1, 0.15) is 6.54 Å². The highest BCUT2D eigenvalue weighted by Gasteiger charge is 2.33. The van der Waals surface area contributed by atoms with Crippen LogP contribution in [0.25, 0.3) is 0 Å². The highest BCUT2D eigenvalue weighted by atomic mass is 32.2. The summed E-state index contributed by atoms with van der Waals surface area (Å²) in [5, 5.41) is 0. The predicted octanol–water partition coefficient (Wildman–Crippen LogP) is 0.848. The van der Waals surface area contributed by atoms with Gasteiger partial charge in [-0.05, 0) is 25.2 Å². The molecule has 0 N–H and O–H groups in total. The quantitative estimate of drug-likeness (QED) is 0.681. The van der Waals surface area contributed by atoms with E-state index in [1.807, 2.05) is 13.8 Å². The molecule has 1 aliphatic heterocycles. The molecule has 0 spiro atoms. The van der Waals surface area contributed by atoms with E-state index in [0.29, 0.717) is 32.0 Å². The molecule has 0 aliphatic carbocycles. The molecule has 1 rings (SSSR count). The standard InChI is InChI=1S/C12H24N2O4S/c1-4-7-13(10-12(15)18-3)19(16,17)14-8-5-6-11(2)9-14/h11H,4-10H2,1-3H3. The summed E-state index contributed by atoms with van der Waals surface area (Å²) in [6.07, 6.45) is 2.59. The second-order valence-electron chi connectivity index (χ2n) is 5.02. The zero-order valence-corrected chi connectivity index (χ0v) is 12.8. The van der Waals surface area contributed by atoms with Crippen LogP contribution in [-0.4, -0.2) is 56.3 Å². The van der Waals surface area contributed by atoms with Crippen molar-refractivity contribution in [3.05, 3.63) is 0 Å². The van der Waals surface area contributed by atoms with Crippen molar-refractivity contribution in [3.8, 4) is 0 Å². The third-order valence-corrected chi connectivity index (χ3v) is 5.23. The number of hydrogen-bond acceptors (Lipinski definition) is 4. The summed E-state index contributed by atoms with van der Waals surface area (Å²) in [6, 6.07) is 0. The van der Waals surface area contributed by atoms with Crippen molar-refractivity contribution in [1.82, 2.24) is 8.61 Å². The monoisotopic (exact) mass is 292 g/mol. The van der Waals surface area contributed by atoms with Gasteiger partial charge in [0.05, 0.1) is 7.11 Å². The summed E-state index contributed by atoms with van der Waals surface area (Å²) in [4.78, 5) is 11.3. The molecule has 19 heavy (non-hydrogen) atoms. The topological polar surface area (TPSA) is 66.9 Å². The lowest BCUT2D eigenvalue weighted by Crippen LogP contribution is -2.49. The Balaban J connectivity index is 2.82. The van der Waals surface area contributed by atoms with Gasteiger partial charge < -0.3 is 4.74 Å². The van der Waals surface area contributed by atoms with Crippen LogP contribution in [0.4, 0.5) is 0 Å². The first-order chi connectivity index (χ1) is 8.91. The minimum atomic E-state index is -3.56. The zero-order valence-electron chi connectivity index (χ0n) is 12.0. The van der Waals surface area contributed by atoms with Gasteiger partial charge in [0.15, 0.2) is 0 Å². The van der Waals surface area contributed by atoms with Crippen molar-refractivity contribution in [2.45, 2.75) is 33.1 Å². The van der Waals surface area contributed by atoms with E-state index < -0.39 is 16.2 Å². The van der Waals surface area contributed by atoms with Gasteiger partial charge in [-0.2, -0.15) is 17.0 Å². The molecule has 0 aromatic heterocycles. The van der Waals surface area contributed by atoms with Crippen LogP contribution < -0.4 is 0 Å². The van der Waals surface area contributed by atoms with Crippen LogP contribution in [0.3, 0.4) is 0 Å². The third kappa shape index (κ3) is 4.43. The molecular weight excluding hydrogens is 268 g/mol. The normalized spacial score (nSPS) is 21.6. The first-order valence-corrected chi connectivity index (χ1v) is 8.13. The second kappa shape index (κ2) is 7.21. The van der Waals surface area contributed by atoms with Crippen LogP contribution in [-0.2, 0) is 19.7 Å². The van der Waals surface area contributed by atoms with Crippen molar-refractivity contribution in [1.29, 1.82) is 0 Å². The summed E-state index contributed by atoms with van der Waals surface area (Å²) >= 11 is 0. The maximum absolute atomic E-state index is 12.5. The fraction of sp³-hybridized carbons (Fsp3) is 0.917. The largest absolute Gasteiger partial charge is 0.468 e. The molecule has 1 atom stereocenters. The number of nitrogens with zero attached hydrogens (tertiary/aromatic N) is 2. The Morgan fingerprint density at radius 2 is 2.16 bits per heavy atom. The molecule has 0 aromatic carbocycles. The van der Waals surface area contributed by atoms with Crippen LogP contribution in [0, 0.1) is 5.92 Å². The van der Waals surface area contributed by atoms with Crippen LogP contribution in [0.2, 0.25) is 0 Å². The fourth-order valence-electron chi connectivity index (χ4n) is 2.25. The Bertz CT molecular complexity index is 397. The minimum Gasteiger partial charge on any atom is -0.468 e. The summed E-state index contributed by atoms with van der Waals surface area (Å²) in [7, 11) is -2.29. The molecule has 0 saturated carbocycles. The molecule has 0 bridgehead atoms. The van der Waals surface area contributed by atoms with E-state index >= 15 is 0 Å². The summed E-state index contributed by atoms with van der Waals surface area (Å²) < 4.78 is 32.3. The molecular formula is C12H24N2O4S. The Kier molecular flexibility index (Phi) is 6.22. The number of carbonyl (C=O) groups is 1. The molecule has 1 heterocycles. The summed E-state index contributed by atoms with van der Waals surface area (Å²) in [6.45, 7) is 5.13. The number of carbonyl (C=O) groups excluding carboxylic acids is 1. The first-order valence-electron chi connectivity index (χ1n) is 6.73. The van der Waals surface area contributed by atoms with Crippen LogP contribution >= 0.6 is 0 Å². The molecule has 7 heteroatoms. The minimum absolute atomic E-state index is 0.211. The summed E-state index contributed by atoms with van der Waals surface area (Å²) in [5.74, 6) is -0.160. The van der Waals surface area contributed by atoms with E-state index in [9.17, 15) is 13.2 Å². The van der Waals surface area contributed by atoms with Gasteiger partial charge in [-0.25, -0.2) is 0 Å². The van der Waals surface area contributed by atoms with Crippen molar-refractivity contribution in [2.24, 2.45) is 5.92 Å². The van der Waals surface area contributed by atoms with Gasteiger partial charge in [-0.1, -0.05) is 13.8 Å². The number of hydrogen-bond donors (Lipinski definition) is 0. The lowest BCUT2D eigenvalue weighted by molar-refractivity contribution is -0.140. The second-order valence-corrected chi connectivity index (χ2v) is 6.95. The van der Waals surface area contributed by atoms with Crippen molar-refractivity contribution in [3.63, 3.8) is 0 Å². The maximum atomic E-state index is 12.5. The van der Waals surface area contributed by atoms with Crippen molar-refractivity contribution in [2.75, 3.05) is 33.3 Å². The highest BCUT2D eigenvalue weighted by Crippen LogP contribution is 2.20. The Morgan fingerprint density at radius 3 is 2.68 bits per heavy atom. The number of methoxy groups -OCH3 is 1. The molecule has 0 aromatic rings. The Hall–Kier alpha value is -0.660. The number of rotatable bonds is 6. The van der Waals surface area contributed by atoms with Crippen molar-refractivity contribution < 1.29 is 17.9 Å². The van der Waals surface area contributed by atoms with E-state index in [-0.39, 0.29) is 6.54 Å². The van der Waals surface area contributed by atoms with Gasteiger partial charge >= 0.3 is 5.97 Å². The molecule has 0 amide bonds. The highest BCUT2D eigenvalue weighted by molar-refractivity contribution is 7.86. The first kappa shape index (κ1) is 16.4. The SMILES string of the molecule is CCCN(CC(=O)OC)S(=O)(=O)N1CCCC(C)C1. The molecule has 1 aliphatic rings. The summed E-state index contributed by atoms with van der Waals surface area (Å²) in [5.41, 5.74) is 0. The van der Waals surface area contributed by atoms with Gasteiger partial charge in [-0.3, -0.25) is 4.79 Å².